The maximum absolute atomic E-state index is 10.2. The number of H-pyrrole nitrogens is 1. The number of hydrogen-bond donors (Lipinski definition) is 3. The standard InChI is InChI=1S/C8H7N3O4/c12-7(13)2-1-5-3-6(11-10-5)9-4-8(14)15/h1-4H,(H,10,11)(H,12,13)(H,14,15)/b2-1+,9-4?. The van der Waals surface area contributed by atoms with Crippen LogP contribution in [0.2, 0.25) is 0 Å². The molecule has 0 spiro atoms. The second-order valence-electron chi connectivity index (χ2n) is 2.45. The van der Waals surface area contributed by atoms with Crippen molar-refractivity contribution in [1.82, 2.24) is 10.2 Å². The van der Waals surface area contributed by atoms with Crippen LogP contribution in [0.3, 0.4) is 0 Å². The van der Waals surface area contributed by atoms with Crippen molar-refractivity contribution in [2.24, 2.45) is 4.99 Å². The van der Waals surface area contributed by atoms with E-state index in [-0.39, 0.29) is 5.82 Å². The van der Waals surface area contributed by atoms with Crippen molar-refractivity contribution in [3.63, 3.8) is 0 Å². The van der Waals surface area contributed by atoms with E-state index in [9.17, 15) is 9.59 Å². The highest BCUT2D eigenvalue weighted by Gasteiger charge is 1.97. The lowest BCUT2D eigenvalue weighted by Crippen LogP contribution is -1.93. The Hall–Kier alpha value is -2.44. The van der Waals surface area contributed by atoms with Crippen LogP contribution in [0.25, 0.3) is 6.08 Å². The molecule has 0 radical (unpaired) electrons. The van der Waals surface area contributed by atoms with Gasteiger partial charge in [0.2, 0.25) is 0 Å². The molecule has 0 atom stereocenters. The Morgan fingerprint density at radius 3 is 2.73 bits per heavy atom. The molecular weight excluding hydrogens is 202 g/mol. The normalized spacial score (nSPS) is 11.2. The smallest absolute Gasteiger partial charge is 0.347 e. The molecule has 1 aromatic heterocycles. The topological polar surface area (TPSA) is 116 Å². The average molecular weight is 209 g/mol. The number of carboxylic acids is 2. The molecule has 1 aromatic rings. The largest absolute Gasteiger partial charge is 0.478 e. The summed E-state index contributed by atoms with van der Waals surface area (Å²) >= 11 is 0. The first-order valence-corrected chi connectivity index (χ1v) is 3.81. The van der Waals surface area contributed by atoms with Crippen LogP contribution in [0.4, 0.5) is 5.82 Å². The highest BCUT2D eigenvalue weighted by molar-refractivity contribution is 6.22. The second-order valence-corrected chi connectivity index (χ2v) is 2.45. The molecule has 78 valence electrons. The first-order valence-electron chi connectivity index (χ1n) is 3.81. The molecule has 0 aliphatic carbocycles. The lowest BCUT2D eigenvalue weighted by molar-refractivity contribution is -0.131. The van der Waals surface area contributed by atoms with Crippen LogP contribution in [-0.4, -0.2) is 38.6 Å². The van der Waals surface area contributed by atoms with Crippen LogP contribution in [0.15, 0.2) is 17.1 Å². The molecule has 7 heteroatoms. The van der Waals surface area contributed by atoms with Gasteiger partial charge in [-0.15, -0.1) is 0 Å². The first kappa shape index (κ1) is 10.6. The lowest BCUT2D eigenvalue weighted by atomic mass is 10.4. The van der Waals surface area contributed by atoms with Crippen LogP contribution in [0.1, 0.15) is 5.69 Å². The quantitative estimate of drug-likeness (QED) is 0.487. The summed E-state index contributed by atoms with van der Waals surface area (Å²) in [7, 11) is 0. The van der Waals surface area contributed by atoms with Gasteiger partial charge in [-0.3, -0.25) is 5.10 Å². The molecule has 15 heavy (non-hydrogen) atoms. The fraction of sp³-hybridized carbons (Fsp3) is 0. The molecule has 0 aromatic carbocycles. The highest BCUT2D eigenvalue weighted by atomic mass is 16.4. The van der Waals surface area contributed by atoms with Crippen LogP contribution < -0.4 is 0 Å². The molecule has 0 saturated carbocycles. The van der Waals surface area contributed by atoms with E-state index >= 15 is 0 Å². The van der Waals surface area contributed by atoms with E-state index in [2.05, 4.69) is 15.2 Å². The first-order chi connectivity index (χ1) is 7.08. The van der Waals surface area contributed by atoms with Crippen molar-refractivity contribution < 1.29 is 19.8 Å². The monoisotopic (exact) mass is 209 g/mol. The number of aliphatic imine (C=N–C) groups is 1. The van der Waals surface area contributed by atoms with E-state index in [1.54, 1.807) is 0 Å². The van der Waals surface area contributed by atoms with Gasteiger partial charge >= 0.3 is 11.9 Å². The number of aromatic amines is 1. The number of aliphatic carboxylic acids is 2. The predicted molar refractivity (Wildman–Crippen MR) is 51.0 cm³/mol. The molecular formula is C8H7N3O4. The Kier molecular flexibility index (Phi) is 3.33. The number of aromatic nitrogens is 2. The minimum atomic E-state index is -1.18. The van der Waals surface area contributed by atoms with E-state index < -0.39 is 11.9 Å². The Morgan fingerprint density at radius 2 is 2.13 bits per heavy atom. The third-order valence-electron chi connectivity index (χ3n) is 1.30. The number of nitrogens with one attached hydrogen (secondary N) is 1. The van der Waals surface area contributed by atoms with Gasteiger partial charge in [-0.1, -0.05) is 0 Å². The molecule has 1 heterocycles. The fourth-order valence-corrected chi connectivity index (χ4v) is 0.759. The molecule has 1 rings (SSSR count). The van der Waals surface area contributed by atoms with Crippen LogP contribution >= 0.6 is 0 Å². The van der Waals surface area contributed by atoms with Gasteiger partial charge in [0, 0.05) is 12.1 Å². The van der Waals surface area contributed by atoms with Gasteiger partial charge in [-0.25, -0.2) is 14.6 Å². The molecule has 0 bridgehead atoms. The van der Waals surface area contributed by atoms with E-state index in [0.717, 1.165) is 6.08 Å². The molecule has 0 aliphatic heterocycles. The number of hydrogen-bond acceptors (Lipinski definition) is 4. The second kappa shape index (κ2) is 4.70. The van der Waals surface area contributed by atoms with Crippen LogP contribution in [0.5, 0.6) is 0 Å². The van der Waals surface area contributed by atoms with Gasteiger partial charge in [0.25, 0.3) is 0 Å². The van der Waals surface area contributed by atoms with E-state index in [4.69, 9.17) is 10.2 Å². The minimum absolute atomic E-state index is 0.169. The summed E-state index contributed by atoms with van der Waals surface area (Å²) < 4.78 is 0. The molecule has 0 saturated heterocycles. The summed E-state index contributed by atoms with van der Waals surface area (Å²) in [5.74, 6) is -2.09. The zero-order chi connectivity index (χ0) is 11.3. The van der Waals surface area contributed by atoms with Crippen LogP contribution in [0, 0.1) is 0 Å². The SMILES string of the molecule is O=C(O)C=Nc1cc(/C=C/C(=O)O)[nH]n1. The van der Waals surface area contributed by atoms with Crippen molar-refractivity contribution in [2.45, 2.75) is 0 Å². The summed E-state index contributed by atoms with van der Waals surface area (Å²) in [5, 5.41) is 22.7. The summed E-state index contributed by atoms with van der Waals surface area (Å²) in [6, 6.07) is 1.42. The molecule has 0 aliphatic rings. The van der Waals surface area contributed by atoms with Crippen molar-refractivity contribution in [3.05, 3.63) is 17.8 Å². The number of carboxylic acid groups (broad SMARTS) is 2. The maximum Gasteiger partial charge on any atom is 0.347 e. The Labute approximate surface area is 83.8 Å². The number of nitrogens with zero attached hydrogens (tertiary/aromatic N) is 2. The summed E-state index contributed by atoms with van der Waals surface area (Å²) in [4.78, 5) is 23.8. The minimum Gasteiger partial charge on any atom is -0.478 e. The summed E-state index contributed by atoms with van der Waals surface area (Å²) in [5.41, 5.74) is 0.426. The van der Waals surface area contributed by atoms with Crippen molar-refractivity contribution in [2.75, 3.05) is 0 Å². The predicted octanol–water partition coefficient (Wildman–Crippen LogP) is 0.294. The van der Waals surface area contributed by atoms with E-state index in [1.807, 2.05) is 0 Å². The third-order valence-corrected chi connectivity index (χ3v) is 1.30. The molecule has 0 amide bonds. The van der Waals surface area contributed by atoms with Gasteiger partial charge in [0.05, 0.1) is 5.69 Å². The van der Waals surface area contributed by atoms with Crippen molar-refractivity contribution in [1.29, 1.82) is 0 Å². The summed E-state index contributed by atoms with van der Waals surface area (Å²) in [6.07, 6.45) is 2.91. The summed E-state index contributed by atoms with van der Waals surface area (Å²) in [6.45, 7) is 0. The van der Waals surface area contributed by atoms with Gasteiger partial charge in [-0.2, -0.15) is 5.10 Å². The Morgan fingerprint density at radius 1 is 1.40 bits per heavy atom. The maximum atomic E-state index is 10.2. The highest BCUT2D eigenvalue weighted by Crippen LogP contribution is 2.09. The van der Waals surface area contributed by atoms with Crippen molar-refractivity contribution in [3.8, 4) is 0 Å². The van der Waals surface area contributed by atoms with Gasteiger partial charge in [0.15, 0.2) is 5.82 Å². The molecule has 3 N–H and O–H groups in total. The average Bonchev–Trinajstić information content (AvgIpc) is 2.59. The molecule has 7 nitrogen and oxygen atoms in total. The number of rotatable bonds is 4. The molecule has 0 unspecified atom stereocenters. The van der Waals surface area contributed by atoms with Gasteiger partial charge < -0.3 is 10.2 Å². The Balaban J connectivity index is 2.72. The van der Waals surface area contributed by atoms with Gasteiger partial charge in [0.1, 0.15) is 6.21 Å². The van der Waals surface area contributed by atoms with Crippen molar-refractivity contribution >= 4 is 30.0 Å². The van der Waals surface area contributed by atoms with Gasteiger partial charge in [-0.05, 0) is 6.08 Å². The van der Waals surface area contributed by atoms with E-state index in [1.165, 1.54) is 12.1 Å². The zero-order valence-corrected chi connectivity index (χ0v) is 7.41. The van der Waals surface area contributed by atoms with Crippen LogP contribution in [-0.2, 0) is 9.59 Å². The van der Waals surface area contributed by atoms with E-state index in [0.29, 0.717) is 11.9 Å². The third kappa shape index (κ3) is 3.85. The zero-order valence-electron chi connectivity index (χ0n) is 7.41. The Bertz CT molecular complexity index is 394. The molecule has 0 fully saturated rings. The lowest BCUT2D eigenvalue weighted by Gasteiger charge is -1.80. The fourth-order valence-electron chi connectivity index (χ4n) is 0.759. The number of carbonyl (C=O) groups is 2.